The molecule has 1 nitrogen and oxygen atoms in total. The molecule has 0 bridgehead atoms. The van der Waals surface area contributed by atoms with Gasteiger partial charge >= 0.3 is 0 Å². The highest BCUT2D eigenvalue weighted by Gasteiger charge is 2.46. The molecule has 2 aliphatic heterocycles. The van der Waals surface area contributed by atoms with Crippen LogP contribution < -0.4 is 15.3 Å². The Kier molecular flexibility index (Phi) is 7.68. The van der Waals surface area contributed by atoms with E-state index in [1.54, 1.807) is 10.4 Å². The summed E-state index contributed by atoms with van der Waals surface area (Å²) in [6, 6.07) is 68.7. The Labute approximate surface area is 372 Å². The van der Waals surface area contributed by atoms with E-state index in [2.05, 4.69) is 210 Å². The number of rotatable bonds is 3. The molecule has 63 heavy (non-hydrogen) atoms. The molecule has 1 saturated heterocycles. The summed E-state index contributed by atoms with van der Waals surface area (Å²) in [4.78, 5) is 2.50. The monoisotopic (exact) mass is 825 g/mol. The molecule has 0 amide bonds. The van der Waals surface area contributed by atoms with E-state index in [0.717, 1.165) is 0 Å². The first-order valence-corrected chi connectivity index (χ1v) is 25.5. The van der Waals surface area contributed by atoms with E-state index >= 15 is 0 Å². The minimum atomic E-state index is -1.86. The molecule has 0 N–H and O–H groups in total. The van der Waals surface area contributed by atoms with Gasteiger partial charge in [-0.05, 0) is 152 Å². The maximum atomic E-state index is 2.56. The van der Waals surface area contributed by atoms with Gasteiger partial charge in [0.15, 0.2) is 0 Å². The zero-order valence-corrected chi connectivity index (χ0v) is 37.9. The fourth-order valence-electron chi connectivity index (χ4n) is 13.1. The molecule has 304 valence electrons. The molecule has 9 aromatic rings. The van der Waals surface area contributed by atoms with Crippen molar-refractivity contribution in [3.05, 3.63) is 192 Å². The molecule has 2 heteroatoms. The average Bonchev–Trinajstić information content (AvgIpc) is 3.97. The first-order chi connectivity index (χ1) is 30.6. The van der Waals surface area contributed by atoms with Crippen LogP contribution in [0.5, 0.6) is 0 Å². The van der Waals surface area contributed by atoms with E-state index in [0.29, 0.717) is 0 Å². The van der Waals surface area contributed by atoms with Gasteiger partial charge in [0.05, 0.1) is 0 Å². The van der Waals surface area contributed by atoms with E-state index < -0.39 is 8.07 Å². The number of benzene rings is 9. The molecule has 9 aromatic carbocycles. The predicted octanol–water partition coefficient (Wildman–Crippen LogP) is 15.0. The summed E-state index contributed by atoms with van der Waals surface area (Å²) in [7, 11) is 0.443. The lowest BCUT2D eigenvalue weighted by molar-refractivity contribution is 0.660. The second kappa shape index (κ2) is 13.0. The van der Waals surface area contributed by atoms with Crippen LogP contribution in [0.25, 0.3) is 77.2 Å². The highest BCUT2D eigenvalue weighted by Crippen LogP contribution is 2.53. The number of hydrogen-bond acceptors (Lipinski definition) is 1. The van der Waals surface area contributed by atoms with Gasteiger partial charge in [-0.2, -0.15) is 0 Å². The SMILES string of the molecule is CN1c2ccccc2[Si]2(CCCC2)c2ccc(-c3c4ccccc4c(-c4ccc5c(c4)C(C)(C)c4ccccc4-5)c4cc(-c5ccc6c(c5)C(C)(C)c5ccccc5-6)ccc34)cc21. The van der Waals surface area contributed by atoms with Crippen molar-refractivity contribution in [1.82, 2.24) is 0 Å². The Balaban J connectivity index is 1.07. The van der Waals surface area contributed by atoms with Crippen LogP contribution in [-0.2, 0) is 10.8 Å². The predicted molar refractivity (Wildman–Crippen MR) is 271 cm³/mol. The Bertz CT molecular complexity index is 3430. The smallest absolute Gasteiger partial charge is 0.123 e. The van der Waals surface area contributed by atoms with Gasteiger partial charge in [0, 0.05) is 29.3 Å². The summed E-state index contributed by atoms with van der Waals surface area (Å²) in [6.07, 6.45) is 2.68. The molecular formula is C61H51NSi. The minimum Gasteiger partial charge on any atom is -0.345 e. The van der Waals surface area contributed by atoms with Crippen LogP contribution in [0.1, 0.15) is 62.8 Å². The molecule has 1 spiro atoms. The maximum Gasteiger partial charge on any atom is 0.123 e. The van der Waals surface area contributed by atoms with Crippen molar-refractivity contribution in [2.45, 2.75) is 63.5 Å². The second-order valence-corrected chi connectivity index (χ2v) is 24.3. The van der Waals surface area contributed by atoms with Gasteiger partial charge < -0.3 is 4.90 Å². The quantitative estimate of drug-likeness (QED) is 0.127. The summed E-state index contributed by atoms with van der Waals surface area (Å²) >= 11 is 0. The second-order valence-electron chi connectivity index (χ2n) is 20.0. The van der Waals surface area contributed by atoms with E-state index in [9.17, 15) is 0 Å². The van der Waals surface area contributed by atoms with Crippen LogP contribution in [0.4, 0.5) is 11.4 Å². The van der Waals surface area contributed by atoms with Gasteiger partial charge in [0.2, 0.25) is 0 Å². The van der Waals surface area contributed by atoms with Crippen LogP contribution in [0.15, 0.2) is 170 Å². The van der Waals surface area contributed by atoms with Gasteiger partial charge in [0.25, 0.3) is 0 Å². The molecule has 0 saturated carbocycles. The zero-order valence-electron chi connectivity index (χ0n) is 36.9. The fourth-order valence-corrected chi connectivity index (χ4v) is 18.7. The molecule has 0 radical (unpaired) electrons. The topological polar surface area (TPSA) is 3.24 Å². The Morgan fingerprint density at radius 2 is 0.841 bits per heavy atom. The molecule has 2 heterocycles. The van der Waals surface area contributed by atoms with E-state index in [4.69, 9.17) is 0 Å². The average molecular weight is 826 g/mol. The first kappa shape index (κ1) is 37.1. The van der Waals surface area contributed by atoms with Gasteiger partial charge in [0.1, 0.15) is 8.07 Å². The van der Waals surface area contributed by atoms with Crippen molar-refractivity contribution in [2.24, 2.45) is 0 Å². The molecular weight excluding hydrogens is 775 g/mol. The lowest BCUT2D eigenvalue weighted by Gasteiger charge is -2.41. The highest BCUT2D eigenvalue weighted by atomic mass is 28.3. The largest absolute Gasteiger partial charge is 0.345 e. The highest BCUT2D eigenvalue weighted by molar-refractivity contribution is 7.04. The molecule has 0 atom stereocenters. The van der Waals surface area contributed by atoms with Crippen molar-refractivity contribution in [1.29, 1.82) is 0 Å². The summed E-state index contributed by atoms with van der Waals surface area (Å²) in [5.41, 5.74) is 21.5. The Morgan fingerprint density at radius 3 is 1.52 bits per heavy atom. The minimum absolute atomic E-state index is 0.0673. The van der Waals surface area contributed by atoms with Crippen molar-refractivity contribution in [3.8, 4) is 55.6 Å². The number of fused-ring (bicyclic) bond motifs is 12. The third kappa shape index (κ3) is 4.99. The normalized spacial score (nSPS) is 16.7. The van der Waals surface area contributed by atoms with Gasteiger partial charge in [-0.3, -0.25) is 0 Å². The Morgan fingerprint density at radius 1 is 0.381 bits per heavy atom. The van der Waals surface area contributed by atoms with Crippen LogP contribution in [-0.4, -0.2) is 15.1 Å². The molecule has 2 aliphatic carbocycles. The van der Waals surface area contributed by atoms with Crippen LogP contribution in [0.3, 0.4) is 0 Å². The maximum absolute atomic E-state index is 2.56. The molecule has 0 aromatic heterocycles. The Hall–Kier alpha value is -6.48. The van der Waals surface area contributed by atoms with Crippen LogP contribution in [0, 0.1) is 0 Å². The molecule has 1 fully saturated rings. The van der Waals surface area contributed by atoms with Crippen molar-refractivity contribution in [3.63, 3.8) is 0 Å². The van der Waals surface area contributed by atoms with E-state index in [1.165, 1.54) is 136 Å². The van der Waals surface area contributed by atoms with E-state index in [-0.39, 0.29) is 10.8 Å². The zero-order chi connectivity index (χ0) is 42.4. The van der Waals surface area contributed by atoms with Crippen LogP contribution in [0.2, 0.25) is 12.1 Å². The summed E-state index contributed by atoms with van der Waals surface area (Å²) in [6.45, 7) is 9.57. The fraction of sp³-hybridized carbons (Fsp3) is 0.180. The van der Waals surface area contributed by atoms with Crippen molar-refractivity contribution < 1.29 is 0 Å². The third-order valence-electron chi connectivity index (χ3n) is 16.2. The van der Waals surface area contributed by atoms with Crippen molar-refractivity contribution in [2.75, 3.05) is 11.9 Å². The standard InChI is InChI=1S/C61H51NSi/c1-60(2)50-20-10-8-16-42(50)44-28-24-39(35-52(44)60)38-25-30-48-49(34-38)59(40-26-29-45-43-17-9-11-21-51(43)61(3,4)53(45)36-40)47-19-7-6-18-46(47)58(48)41-27-31-57-55(37-41)62(5)54-22-12-13-23-56(54)63(57)32-14-15-33-63/h6-13,16-31,34-37H,14-15,32-33H2,1-5H3. The lowest BCUT2D eigenvalue weighted by atomic mass is 9.80. The summed E-state index contributed by atoms with van der Waals surface area (Å²) in [5.74, 6) is 0. The number of para-hydroxylation sites is 1. The van der Waals surface area contributed by atoms with Gasteiger partial charge in [-0.25, -0.2) is 0 Å². The molecule has 0 unspecified atom stereocenters. The number of hydrogen-bond donors (Lipinski definition) is 0. The van der Waals surface area contributed by atoms with E-state index in [1.807, 2.05) is 0 Å². The van der Waals surface area contributed by atoms with Crippen molar-refractivity contribution >= 4 is 51.4 Å². The first-order valence-electron chi connectivity index (χ1n) is 23.1. The lowest BCUT2D eigenvalue weighted by Crippen LogP contribution is -2.61. The summed E-state index contributed by atoms with van der Waals surface area (Å²) < 4.78 is 0. The molecule has 13 rings (SSSR count). The van der Waals surface area contributed by atoms with Gasteiger partial charge in [-0.15, -0.1) is 0 Å². The van der Waals surface area contributed by atoms with Gasteiger partial charge in [-0.1, -0.05) is 180 Å². The molecule has 4 aliphatic rings. The van der Waals surface area contributed by atoms with Crippen LogP contribution >= 0.6 is 0 Å². The third-order valence-corrected chi connectivity index (χ3v) is 21.5. The number of nitrogens with zero attached hydrogens (tertiary/aromatic N) is 1. The summed E-state index contributed by atoms with van der Waals surface area (Å²) in [5, 5.41) is 8.47. The number of anilines is 2.